The lowest BCUT2D eigenvalue weighted by atomic mass is 9.95. The minimum absolute atomic E-state index is 0.137. The van der Waals surface area contributed by atoms with E-state index in [0.717, 1.165) is 36.8 Å². The molecular formula is C25H33N5O3. The molecule has 2 aromatic rings. The van der Waals surface area contributed by atoms with E-state index in [-0.39, 0.29) is 36.0 Å². The summed E-state index contributed by atoms with van der Waals surface area (Å²) in [6.45, 7) is 5.88. The van der Waals surface area contributed by atoms with Gasteiger partial charge in [-0.25, -0.2) is 0 Å². The average molecular weight is 452 g/mol. The van der Waals surface area contributed by atoms with Crippen LogP contribution in [0.4, 0.5) is 5.69 Å². The zero-order valence-corrected chi connectivity index (χ0v) is 19.9. The second-order valence-electron chi connectivity index (χ2n) is 9.64. The van der Waals surface area contributed by atoms with E-state index < -0.39 is 5.54 Å². The van der Waals surface area contributed by atoms with Gasteiger partial charge in [-0.1, -0.05) is 43.4 Å². The molecule has 1 aliphatic heterocycles. The van der Waals surface area contributed by atoms with Crippen molar-refractivity contribution in [1.29, 1.82) is 0 Å². The number of hydrogen-bond acceptors (Lipinski definition) is 4. The van der Waals surface area contributed by atoms with Crippen molar-refractivity contribution in [2.24, 2.45) is 0 Å². The first-order valence-corrected chi connectivity index (χ1v) is 11.7. The van der Waals surface area contributed by atoms with Crippen molar-refractivity contribution >= 4 is 23.4 Å². The topological polar surface area (TPSA) is 96.3 Å². The Balaban J connectivity index is 1.53. The quantitative estimate of drug-likeness (QED) is 0.696. The van der Waals surface area contributed by atoms with E-state index in [2.05, 4.69) is 15.7 Å². The number of likely N-dealkylation sites (N-methyl/N-ethyl adjacent to an activating group) is 1. The van der Waals surface area contributed by atoms with Crippen molar-refractivity contribution in [3.8, 4) is 0 Å². The molecule has 8 heteroatoms. The van der Waals surface area contributed by atoms with Crippen LogP contribution in [0.25, 0.3) is 0 Å². The average Bonchev–Trinajstić information content (AvgIpc) is 3.02. The SMILES string of the molecule is Cc1ccc(NC(=O)c2cc3n(n2)CC(C)(C(=O)NC2CCCCCC2)N(C)C3=O)c(C)c1. The van der Waals surface area contributed by atoms with Gasteiger partial charge in [-0.2, -0.15) is 5.10 Å². The third-order valence-electron chi connectivity index (χ3n) is 7.04. The van der Waals surface area contributed by atoms with Crippen molar-refractivity contribution in [1.82, 2.24) is 20.0 Å². The fourth-order valence-electron chi connectivity index (χ4n) is 4.74. The summed E-state index contributed by atoms with van der Waals surface area (Å²) in [5, 5.41) is 10.4. The summed E-state index contributed by atoms with van der Waals surface area (Å²) < 4.78 is 1.49. The molecule has 0 spiro atoms. The molecular weight excluding hydrogens is 418 g/mol. The van der Waals surface area contributed by atoms with Crippen molar-refractivity contribution in [3.63, 3.8) is 0 Å². The lowest BCUT2D eigenvalue weighted by Crippen LogP contribution is -2.63. The standard InChI is InChI=1S/C25H33N5O3/c1-16-11-12-19(17(2)13-16)27-22(31)20-14-21-23(32)29(4)25(3,15-30(21)28-20)24(33)26-18-9-7-5-6-8-10-18/h11-14,18H,5-10,15H2,1-4H3,(H,26,33)(H,27,31). The lowest BCUT2D eigenvalue weighted by molar-refractivity contribution is -0.133. The number of aryl methyl sites for hydroxylation is 2. The predicted molar refractivity (Wildman–Crippen MR) is 126 cm³/mol. The molecule has 33 heavy (non-hydrogen) atoms. The first-order chi connectivity index (χ1) is 15.7. The number of nitrogens with one attached hydrogen (secondary N) is 2. The first-order valence-electron chi connectivity index (χ1n) is 11.7. The molecule has 8 nitrogen and oxygen atoms in total. The molecule has 1 unspecified atom stereocenters. The third-order valence-corrected chi connectivity index (χ3v) is 7.04. The summed E-state index contributed by atoms with van der Waals surface area (Å²) in [6.07, 6.45) is 6.55. The Kier molecular flexibility index (Phi) is 6.28. The Labute approximate surface area is 194 Å². The summed E-state index contributed by atoms with van der Waals surface area (Å²) >= 11 is 0. The zero-order chi connectivity index (χ0) is 23.8. The number of anilines is 1. The van der Waals surface area contributed by atoms with Gasteiger partial charge in [-0.3, -0.25) is 19.1 Å². The number of rotatable bonds is 4. The highest BCUT2D eigenvalue weighted by Gasteiger charge is 2.46. The normalized spacial score (nSPS) is 21.3. The number of carbonyl (C=O) groups is 3. The molecule has 1 aromatic carbocycles. The maximum Gasteiger partial charge on any atom is 0.276 e. The molecule has 2 N–H and O–H groups in total. The highest BCUT2D eigenvalue weighted by Crippen LogP contribution is 2.27. The van der Waals surface area contributed by atoms with Crippen LogP contribution in [0.2, 0.25) is 0 Å². The van der Waals surface area contributed by atoms with Crippen molar-refractivity contribution in [2.45, 2.75) is 77.4 Å². The third kappa shape index (κ3) is 4.51. The molecule has 0 bridgehead atoms. The van der Waals surface area contributed by atoms with Crippen LogP contribution in [0.5, 0.6) is 0 Å². The summed E-state index contributed by atoms with van der Waals surface area (Å²) in [4.78, 5) is 40.7. The van der Waals surface area contributed by atoms with Gasteiger partial charge < -0.3 is 15.5 Å². The second kappa shape index (κ2) is 9.00. The highest BCUT2D eigenvalue weighted by molar-refractivity contribution is 6.06. The van der Waals surface area contributed by atoms with Gasteiger partial charge in [-0.05, 0) is 45.2 Å². The number of nitrogens with zero attached hydrogens (tertiary/aromatic N) is 3. The van der Waals surface area contributed by atoms with Crippen LogP contribution in [0.1, 0.15) is 77.6 Å². The van der Waals surface area contributed by atoms with Crippen LogP contribution in [0, 0.1) is 13.8 Å². The summed E-state index contributed by atoms with van der Waals surface area (Å²) in [7, 11) is 1.64. The minimum atomic E-state index is -1.08. The molecule has 0 radical (unpaired) electrons. The van der Waals surface area contributed by atoms with Gasteiger partial charge in [-0.15, -0.1) is 0 Å². The fourth-order valence-corrected chi connectivity index (χ4v) is 4.74. The maximum absolute atomic E-state index is 13.3. The van der Waals surface area contributed by atoms with Gasteiger partial charge in [0.05, 0.1) is 6.54 Å². The van der Waals surface area contributed by atoms with Crippen molar-refractivity contribution < 1.29 is 14.4 Å². The molecule has 1 atom stereocenters. The summed E-state index contributed by atoms with van der Waals surface area (Å²) in [6, 6.07) is 7.41. The largest absolute Gasteiger partial charge is 0.351 e. The Bertz CT molecular complexity index is 1080. The van der Waals surface area contributed by atoms with E-state index >= 15 is 0 Å². The van der Waals surface area contributed by atoms with E-state index in [1.54, 1.807) is 14.0 Å². The number of fused-ring (bicyclic) bond motifs is 1. The number of amides is 3. The minimum Gasteiger partial charge on any atom is -0.351 e. The van der Waals surface area contributed by atoms with Gasteiger partial charge in [0.25, 0.3) is 11.8 Å². The van der Waals surface area contributed by atoms with Crippen molar-refractivity contribution in [2.75, 3.05) is 12.4 Å². The Morgan fingerprint density at radius 3 is 2.45 bits per heavy atom. The Morgan fingerprint density at radius 1 is 1.09 bits per heavy atom. The van der Waals surface area contributed by atoms with E-state index in [1.165, 1.54) is 28.5 Å². The Morgan fingerprint density at radius 2 is 1.79 bits per heavy atom. The van der Waals surface area contributed by atoms with Crippen LogP contribution in [0.3, 0.4) is 0 Å². The van der Waals surface area contributed by atoms with E-state index in [4.69, 9.17) is 0 Å². The number of aromatic nitrogens is 2. The van der Waals surface area contributed by atoms with Crippen LogP contribution >= 0.6 is 0 Å². The lowest BCUT2D eigenvalue weighted by Gasteiger charge is -2.41. The van der Waals surface area contributed by atoms with Gasteiger partial charge in [0.1, 0.15) is 11.2 Å². The molecule has 0 saturated heterocycles. The van der Waals surface area contributed by atoms with Crippen LogP contribution in [-0.2, 0) is 11.3 Å². The van der Waals surface area contributed by atoms with E-state index in [0.29, 0.717) is 11.4 Å². The molecule has 2 aliphatic rings. The zero-order valence-electron chi connectivity index (χ0n) is 19.9. The molecule has 3 amide bonds. The fraction of sp³-hybridized carbons (Fsp3) is 0.520. The van der Waals surface area contributed by atoms with Gasteiger partial charge >= 0.3 is 0 Å². The van der Waals surface area contributed by atoms with E-state index in [1.807, 2.05) is 32.0 Å². The van der Waals surface area contributed by atoms with E-state index in [9.17, 15) is 14.4 Å². The predicted octanol–water partition coefficient (Wildman–Crippen LogP) is 3.44. The molecule has 176 valence electrons. The van der Waals surface area contributed by atoms with Gasteiger partial charge in [0.15, 0.2) is 5.69 Å². The Hall–Kier alpha value is -3.16. The van der Waals surface area contributed by atoms with Crippen LogP contribution in [-0.4, -0.2) is 51.0 Å². The second-order valence-corrected chi connectivity index (χ2v) is 9.64. The highest BCUT2D eigenvalue weighted by atomic mass is 16.2. The molecule has 4 rings (SSSR count). The molecule has 1 saturated carbocycles. The summed E-state index contributed by atoms with van der Waals surface area (Å²) in [5.74, 6) is -0.880. The van der Waals surface area contributed by atoms with Crippen LogP contribution < -0.4 is 10.6 Å². The first kappa shape index (κ1) is 23.0. The molecule has 1 fully saturated rings. The number of hydrogen-bond donors (Lipinski definition) is 2. The smallest absolute Gasteiger partial charge is 0.276 e. The molecule has 1 aromatic heterocycles. The van der Waals surface area contributed by atoms with Gasteiger partial charge in [0, 0.05) is 24.8 Å². The molecule has 1 aliphatic carbocycles. The van der Waals surface area contributed by atoms with Gasteiger partial charge in [0.2, 0.25) is 5.91 Å². The van der Waals surface area contributed by atoms with Crippen LogP contribution in [0.15, 0.2) is 24.3 Å². The number of carbonyl (C=O) groups excluding carboxylic acids is 3. The number of benzene rings is 1. The molecule has 2 heterocycles. The van der Waals surface area contributed by atoms with Crippen molar-refractivity contribution in [3.05, 3.63) is 46.8 Å². The maximum atomic E-state index is 13.3. The monoisotopic (exact) mass is 451 g/mol. The summed E-state index contributed by atoms with van der Waals surface area (Å²) in [5.41, 5.74) is 2.14.